The highest BCUT2D eigenvalue weighted by Crippen LogP contribution is 2.28. The van der Waals surface area contributed by atoms with Gasteiger partial charge in [-0.15, -0.1) is 0 Å². The fourth-order valence-electron chi connectivity index (χ4n) is 2.09. The Hall–Kier alpha value is -0.370. The lowest BCUT2D eigenvalue weighted by molar-refractivity contribution is -0.121. The van der Waals surface area contributed by atoms with E-state index in [1.54, 1.807) is 0 Å². The molecule has 0 aromatic rings. The Balaban J connectivity index is 2.27. The largest absolute Gasteiger partial charge is 0.393 e. The lowest BCUT2D eigenvalue weighted by Gasteiger charge is -2.13. The van der Waals surface area contributed by atoms with Crippen LogP contribution in [0.4, 0.5) is 0 Å². The van der Waals surface area contributed by atoms with Gasteiger partial charge in [-0.25, -0.2) is 0 Å². The maximum absolute atomic E-state index is 11.4. The van der Waals surface area contributed by atoms with E-state index < -0.39 is 0 Å². The van der Waals surface area contributed by atoms with Gasteiger partial charge in [0.15, 0.2) is 0 Å². The average molecular weight is 184 g/mol. The summed E-state index contributed by atoms with van der Waals surface area (Å²) in [4.78, 5) is 11.4. The lowest BCUT2D eigenvalue weighted by atomic mass is 9.95. The topological polar surface area (TPSA) is 37.3 Å². The van der Waals surface area contributed by atoms with Crippen molar-refractivity contribution in [2.45, 2.75) is 52.1 Å². The summed E-state index contributed by atoms with van der Waals surface area (Å²) in [7, 11) is 0. The van der Waals surface area contributed by atoms with Gasteiger partial charge in [-0.05, 0) is 24.7 Å². The Labute approximate surface area is 80.3 Å². The van der Waals surface area contributed by atoms with E-state index in [-0.39, 0.29) is 12.0 Å². The molecule has 1 saturated carbocycles. The van der Waals surface area contributed by atoms with Crippen LogP contribution in [0.15, 0.2) is 0 Å². The molecule has 1 aliphatic rings. The highest BCUT2D eigenvalue weighted by atomic mass is 16.3. The maximum Gasteiger partial charge on any atom is 0.133 e. The molecule has 0 spiro atoms. The third-order valence-electron chi connectivity index (χ3n) is 2.74. The summed E-state index contributed by atoms with van der Waals surface area (Å²) in [5, 5.41) is 9.52. The first-order chi connectivity index (χ1) is 6.09. The molecule has 0 aromatic carbocycles. The number of aliphatic hydroxyl groups is 1. The number of hydrogen-bond donors (Lipinski definition) is 1. The van der Waals surface area contributed by atoms with Gasteiger partial charge < -0.3 is 5.11 Å². The van der Waals surface area contributed by atoms with Crippen LogP contribution >= 0.6 is 0 Å². The Morgan fingerprint density at radius 2 is 2.15 bits per heavy atom. The number of aliphatic hydroxyl groups excluding tert-OH is 1. The molecule has 1 aliphatic carbocycles. The predicted octanol–water partition coefficient (Wildman–Crippen LogP) is 2.15. The Kier molecular flexibility index (Phi) is 3.91. The fourth-order valence-corrected chi connectivity index (χ4v) is 2.09. The highest BCUT2D eigenvalue weighted by molar-refractivity contribution is 5.78. The maximum atomic E-state index is 11.4. The third-order valence-corrected chi connectivity index (χ3v) is 2.74. The molecule has 0 saturated heterocycles. The minimum Gasteiger partial charge on any atom is -0.393 e. The van der Waals surface area contributed by atoms with Crippen molar-refractivity contribution >= 4 is 5.78 Å². The summed E-state index contributed by atoms with van der Waals surface area (Å²) < 4.78 is 0. The number of hydrogen-bond acceptors (Lipinski definition) is 2. The Morgan fingerprint density at radius 1 is 1.46 bits per heavy atom. The normalized spacial score (nSPS) is 28.3. The van der Waals surface area contributed by atoms with E-state index in [1.807, 2.05) is 0 Å². The van der Waals surface area contributed by atoms with Crippen molar-refractivity contribution in [3.63, 3.8) is 0 Å². The lowest BCUT2D eigenvalue weighted by Crippen LogP contribution is -2.17. The van der Waals surface area contributed by atoms with Crippen molar-refractivity contribution in [1.82, 2.24) is 0 Å². The minimum absolute atomic E-state index is 0.212. The minimum atomic E-state index is -0.212. The van der Waals surface area contributed by atoms with Crippen molar-refractivity contribution in [2.24, 2.45) is 11.8 Å². The molecular weight excluding hydrogens is 164 g/mol. The molecule has 0 heterocycles. The molecule has 2 unspecified atom stereocenters. The van der Waals surface area contributed by atoms with Gasteiger partial charge in [-0.1, -0.05) is 20.3 Å². The molecule has 0 amide bonds. The third kappa shape index (κ3) is 3.47. The Morgan fingerprint density at radius 3 is 2.62 bits per heavy atom. The zero-order chi connectivity index (χ0) is 9.84. The number of ketones is 1. The van der Waals surface area contributed by atoms with Crippen LogP contribution in [-0.2, 0) is 4.79 Å². The highest BCUT2D eigenvalue weighted by Gasteiger charge is 2.26. The molecule has 2 atom stereocenters. The summed E-state index contributed by atoms with van der Waals surface area (Å²) >= 11 is 0. The molecule has 0 aliphatic heterocycles. The molecule has 1 N–H and O–H groups in total. The first kappa shape index (κ1) is 10.7. The van der Waals surface area contributed by atoms with Crippen LogP contribution in [0.2, 0.25) is 0 Å². The van der Waals surface area contributed by atoms with Gasteiger partial charge in [-0.3, -0.25) is 4.79 Å². The van der Waals surface area contributed by atoms with Crippen LogP contribution in [0.3, 0.4) is 0 Å². The zero-order valence-electron chi connectivity index (χ0n) is 8.62. The molecule has 13 heavy (non-hydrogen) atoms. The number of carbonyl (C=O) groups is 1. The van der Waals surface area contributed by atoms with Crippen LogP contribution in [-0.4, -0.2) is 17.0 Å². The molecular formula is C11H20O2. The molecule has 0 bridgehead atoms. The molecule has 0 aromatic heterocycles. The van der Waals surface area contributed by atoms with Crippen LogP contribution in [0, 0.1) is 11.8 Å². The van der Waals surface area contributed by atoms with Crippen molar-refractivity contribution in [1.29, 1.82) is 0 Å². The smallest absolute Gasteiger partial charge is 0.133 e. The molecule has 2 nitrogen and oxygen atoms in total. The standard InChI is InChI=1S/C11H20O2/c1-8(2)6-10(12)7-9-4-3-5-11(9)13/h8-9,11,13H,3-7H2,1-2H3. The summed E-state index contributed by atoms with van der Waals surface area (Å²) in [5.74, 6) is 1.03. The van der Waals surface area contributed by atoms with Gasteiger partial charge in [0.1, 0.15) is 5.78 Å². The van der Waals surface area contributed by atoms with E-state index in [1.165, 1.54) is 0 Å². The predicted molar refractivity (Wildman–Crippen MR) is 52.4 cm³/mol. The van der Waals surface area contributed by atoms with Gasteiger partial charge in [0.05, 0.1) is 6.10 Å². The van der Waals surface area contributed by atoms with E-state index in [0.717, 1.165) is 19.3 Å². The molecule has 1 fully saturated rings. The van der Waals surface area contributed by atoms with E-state index in [2.05, 4.69) is 13.8 Å². The van der Waals surface area contributed by atoms with E-state index >= 15 is 0 Å². The summed E-state index contributed by atoms with van der Waals surface area (Å²) in [6.45, 7) is 4.12. The Bertz CT molecular complexity index is 175. The van der Waals surface area contributed by atoms with E-state index in [4.69, 9.17) is 0 Å². The van der Waals surface area contributed by atoms with Gasteiger partial charge in [0.25, 0.3) is 0 Å². The zero-order valence-corrected chi connectivity index (χ0v) is 8.62. The second-order valence-corrected chi connectivity index (χ2v) is 4.60. The van der Waals surface area contributed by atoms with Crippen LogP contribution < -0.4 is 0 Å². The molecule has 0 radical (unpaired) electrons. The summed E-state index contributed by atoms with van der Waals surface area (Å²) in [6, 6.07) is 0. The van der Waals surface area contributed by atoms with E-state index in [9.17, 15) is 9.90 Å². The van der Waals surface area contributed by atoms with Crippen molar-refractivity contribution in [3.8, 4) is 0 Å². The first-order valence-electron chi connectivity index (χ1n) is 5.29. The number of carbonyl (C=O) groups excluding carboxylic acids is 1. The van der Waals surface area contributed by atoms with Crippen LogP contribution in [0.5, 0.6) is 0 Å². The second kappa shape index (κ2) is 4.75. The second-order valence-electron chi connectivity index (χ2n) is 4.60. The van der Waals surface area contributed by atoms with Crippen molar-refractivity contribution in [2.75, 3.05) is 0 Å². The van der Waals surface area contributed by atoms with Crippen LogP contribution in [0.1, 0.15) is 46.0 Å². The summed E-state index contributed by atoms with van der Waals surface area (Å²) in [6.07, 6.45) is 4.06. The van der Waals surface area contributed by atoms with E-state index in [0.29, 0.717) is 24.5 Å². The van der Waals surface area contributed by atoms with Gasteiger partial charge >= 0.3 is 0 Å². The van der Waals surface area contributed by atoms with Crippen molar-refractivity contribution in [3.05, 3.63) is 0 Å². The fraction of sp³-hybridized carbons (Fsp3) is 0.909. The van der Waals surface area contributed by atoms with Crippen LogP contribution in [0.25, 0.3) is 0 Å². The number of rotatable bonds is 4. The number of Topliss-reactive ketones (excluding diaryl/α,β-unsaturated/α-hetero) is 1. The van der Waals surface area contributed by atoms with Gasteiger partial charge in [-0.2, -0.15) is 0 Å². The monoisotopic (exact) mass is 184 g/mol. The quantitative estimate of drug-likeness (QED) is 0.727. The molecule has 2 heteroatoms. The molecule has 1 rings (SSSR count). The van der Waals surface area contributed by atoms with Gasteiger partial charge in [0.2, 0.25) is 0 Å². The SMILES string of the molecule is CC(C)CC(=O)CC1CCCC1O. The van der Waals surface area contributed by atoms with Crippen molar-refractivity contribution < 1.29 is 9.90 Å². The summed E-state index contributed by atoms with van der Waals surface area (Å²) in [5.41, 5.74) is 0. The average Bonchev–Trinajstić information content (AvgIpc) is 2.34. The molecule has 76 valence electrons. The van der Waals surface area contributed by atoms with Gasteiger partial charge in [0, 0.05) is 12.8 Å². The first-order valence-corrected chi connectivity index (χ1v) is 5.29.